The van der Waals surface area contributed by atoms with Gasteiger partial charge >= 0.3 is 6.03 Å². The van der Waals surface area contributed by atoms with Crippen molar-refractivity contribution in [2.24, 2.45) is 0 Å². The van der Waals surface area contributed by atoms with Crippen molar-refractivity contribution < 1.29 is 4.79 Å². The third-order valence-electron chi connectivity index (χ3n) is 3.41. The molecule has 22 heavy (non-hydrogen) atoms. The summed E-state index contributed by atoms with van der Waals surface area (Å²) in [7, 11) is 0. The number of anilines is 2. The first kappa shape index (κ1) is 14.6. The molecule has 0 radical (unpaired) electrons. The standard InChI is InChI=1S/C18H15BrN2O/c1-12-9-10-17(15(19)11-12)21-18(22)20-16-8-4-6-13-5-2-3-7-14(13)16/h2-11H,1H3,(H2,20,21,22). The fourth-order valence-electron chi connectivity index (χ4n) is 2.33. The number of rotatable bonds is 2. The number of carbonyl (C=O) groups excluding carboxylic acids is 1. The maximum atomic E-state index is 12.2. The van der Waals surface area contributed by atoms with Crippen molar-refractivity contribution in [2.75, 3.05) is 10.6 Å². The monoisotopic (exact) mass is 354 g/mol. The molecule has 0 aliphatic rings. The van der Waals surface area contributed by atoms with Crippen LogP contribution in [0.25, 0.3) is 10.8 Å². The summed E-state index contributed by atoms with van der Waals surface area (Å²) < 4.78 is 0.862. The molecule has 2 N–H and O–H groups in total. The van der Waals surface area contributed by atoms with Gasteiger partial charge in [-0.2, -0.15) is 0 Å². The molecule has 110 valence electrons. The van der Waals surface area contributed by atoms with Crippen LogP contribution in [0.5, 0.6) is 0 Å². The topological polar surface area (TPSA) is 41.1 Å². The first-order valence-electron chi connectivity index (χ1n) is 6.95. The molecule has 0 atom stereocenters. The van der Waals surface area contributed by atoms with Crippen LogP contribution in [0, 0.1) is 6.92 Å². The summed E-state index contributed by atoms with van der Waals surface area (Å²) in [6.45, 7) is 2.00. The number of nitrogens with one attached hydrogen (secondary N) is 2. The Kier molecular flexibility index (Phi) is 4.11. The average molecular weight is 355 g/mol. The second-order valence-corrected chi connectivity index (χ2v) is 5.94. The van der Waals surface area contributed by atoms with E-state index in [2.05, 4.69) is 26.6 Å². The molecule has 0 saturated carbocycles. The Balaban J connectivity index is 1.81. The van der Waals surface area contributed by atoms with E-state index in [-0.39, 0.29) is 6.03 Å². The second-order valence-electron chi connectivity index (χ2n) is 5.09. The van der Waals surface area contributed by atoms with Crippen LogP contribution in [0.15, 0.2) is 65.1 Å². The van der Waals surface area contributed by atoms with Gasteiger partial charge in [0.05, 0.1) is 11.4 Å². The molecule has 0 unspecified atom stereocenters. The quantitative estimate of drug-likeness (QED) is 0.621. The van der Waals surface area contributed by atoms with Crippen molar-refractivity contribution in [1.82, 2.24) is 0 Å². The van der Waals surface area contributed by atoms with Crippen LogP contribution in [-0.2, 0) is 0 Å². The van der Waals surface area contributed by atoms with E-state index in [9.17, 15) is 4.79 Å². The average Bonchev–Trinajstić information content (AvgIpc) is 2.50. The first-order chi connectivity index (χ1) is 10.6. The number of carbonyl (C=O) groups is 1. The van der Waals surface area contributed by atoms with Gasteiger partial charge in [-0.25, -0.2) is 4.79 Å². The molecule has 3 rings (SSSR count). The Labute approximate surface area is 137 Å². The molecule has 0 heterocycles. The van der Waals surface area contributed by atoms with Crippen molar-refractivity contribution in [3.8, 4) is 0 Å². The molecule has 0 spiro atoms. The number of halogens is 1. The molecule has 3 aromatic rings. The molecular weight excluding hydrogens is 340 g/mol. The van der Waals surface area contributed by atoms with Gasteiger partial charge in [0.25, 0.3) is 0 Å². The lowest BCUT2D eigenvalue weighted by molar-refractivity contribution is 0.262. The fraction of sp³-hybridized carbons (Fsp3) is 0.0556. The van der Waals surface area contributed by atoms with Gasteiger partial charge < -0.3 is 10.6 Å². The Morgan fingerprint density at radius 1 is 0.909 bits per heavy atom. The largest absolute Gasteiger partial charge is 0.323 e. The van der Waals surface area contributed by atoms with Gasteiger partial charge in [-0.15, -0.1) is 0 Å². The van der Waals surface area contributed by atoms with Gasteiger partial charge in [0.15, 0.2) is 0 Å². The Morgan fingerprint density at radius 3 is 2.45 bits per heavy atom. The van der Waals surface area contributed by atoms with Gasteiger partial charge in [0.1, 0.15) is 0 Å². The van der Waals surface area contributed by atoms with Crippen LogP contribution in [0.2, 0.25) is 0 Å². The summed E-state index contributed by atoms with van der Waals surface area (Å²) in [4.78, 5) is 12.2. The molecule has 0 aromatic heterocycles. The highest BCUT2D eigenvalue weighted by molar-refractivity contribution is 9.10. The zero-order chi connectivity index (χ0) is 15.5. The summed E-state index contributed by atoms with van der Waals surface area (Å²) in [6.07, 6.45) is 0. The number of urea groups is 1. The van der Waals surface area contributed by atoms with Crippen molar-refractivity contribution >= 4 is 44.1 Å². The lowest BCUT2D eigenvalue weighted by Gasteiger charge is -2.11. The summed E-state index contributed by atoms with van der Waals surface area (Å²) in [5.41, 5.74) is 2.66. The molecule has 0 aliphatic carbocycles. The number of aryl methyl sites for hydroxylation is 1. The minimum absolute atomic E-state index is 0.263. The van der Waals surface area contributed by atoms with E-state index < -0.39 is 0 Å². The first-order valence-corrected chi connectivity index (χ1v) is 7.75. The molecule has 0 aliphatic heterocycles. The van der Waals surface area contributed by atoms with Crippen molar-refractivity contribution in [3.05, 3.63) is 70.7 Å². The number of fused-ring (bicyclic) bond motifs is 1. The zero-order valence-corrected chi connectivity index (χ0v) is 13.6. The predicted molar refractivity (Wildman–Crippen MR) is 95.5 cm³/mol. The number of benzene rings is 3. The van der Waals surface area contributed by atoms with E-state index in [1.165, 1.54) is 0 Å². The van der Waals surface area contributed by atoms with Crippen LogP contribution in [0.1, 0.15) is 5.56 Å². The number of hydrogen-bond acceptors (Lipinski definition) is 1. The Morgan fingerprint density at radius 2 is 1.64 bits per heavy atom. The van der Waals surface area contributed by atoms with Crippen molar-refractivity contribution in [2.45, 2.75) is 6.92 Å². The van der Waals surface area contributed by atoms with E-state index in [1.807, 2.05) is 67.6 Å². The molecule has 0 fully saturated rings. The molecule has 3 aromatic carbocycles. The highest BCUT2D eigenvalue weighted by Crippen LogP contribution is 2.25. The van der Waals surface area contributed by atoms with Gasteiger partial charge in [-0.1, -0.05) is 42.5 Å². The smallest absolute Gasteiger partial charge is 0.307 e. The van der Waals surface area contributed by atoms with E-state index in [0.29, 0.717) is 0 Å². The predicted octanol–water partition coefficient (Wildman–Crippen LogP) is 5.55. The SMILES string of the molecule is Cc1ccc(NC(=O)Nc2cccc3ccccc23)c(Br)c1. The van der Waals surface area contributed by atoms with E-state index in [4.69, 9.17) is 0 Å². The molecular formula is C18H15BrN2O. The fourth-order valence-corrected chi connectivity index (χ4v) is 2.92. The summed E-state index contributed by atoms with van der Waals surface area (Å²) >= 11 is 3.46. The maximum absolute atomic E-state index is 12.2. The van der Waals surface area contributed by atoms with E-state index in [1.54, 1.807) is 0 Å². The zero-order valence-electron chi connectivity index (χ0n) is 12.1. The highest BCUT2D eigenvalue weighted by Gasteiger charge is 2.07. The Hall–Kier alpha value is -2.33. The summed E-state index contributed by atoms with van der Waals surface area (Å²) in [6, 6.07) is 19.3. The van der Waals surface area contributed by atoms with Crippen LogP contribution >= 0.6 is 15.9 Å². The van der Waals surface area contributed by atoms with E-state index >= 15 is 0 Å². The van der Waals surface area contributed by atoms with Crippen LogP contribution in [0.4, 0.5) is 16.2 Å². The van der Waals surface area contributed by atoms with Crippen LogP contribution in [0.3, 0.4) is 0 Å². The third-order valence-corrected chi connectivity index (χ3v) is 4.07. The lowest BCUT2D eigenvalue weighted by atomic mass is 10.1. The van der Waals surface area contributed by atoms with Crippen LogP contribution in [-0.4, -0.2) is 6.03 Å². The minimum atomic E-state index is -0.263. The molecule has 3 nitrogen and oxygen atoms in total. The highest BCUT2D eigenvalue weighted by atomic mass is 79.9. The van der Waals surface area contributed by atoms with Gasteiger partial charge in [0, 0.05) is 9.86 Å². The van der Waals surface area contributed by atoms with Crippen molar-refractivity contribution in [1.29, 1.82) is 0 Å². The molecule has 2 amide bonds. The van der Waals surface area contributed by atoms with Gasteiger partial charge in [-0.3, -0.25) is 0 Å². The second kappa shape index (κ2) is 6.20. The van der Waals surface area contributed by atoms with Crippen LogP contribution < -0.4 is 10.6 Å². The maximum Gasteiger partial charge on any atom is 0.323 e. The summed E-state index contributed by atoms with van der Waals surface area (Å²) in [5, 5.41) is 7.87. The molecule has 4 heteroatoms. The van der Waals surface area contributed by atoms with Gasteiger partial charge in [0.2, 0.25) is 0 Å². The molecule has 0 saturated heterocycles. The minimum Gasteiger partial charge on any atom is -0.307 e. The van der Waals surface area contributed by atoms with E-state index in [0.717, 1.165) is 32.2 Å². The lowest BCUT2D eigenvalue weighted by Crippen LogP contribution is -2.19. The Bertz CT molecular complexity index is 840. The van der Waals surface area contributed by atoms with Crippen molar-refractivity contribution in [3.63, 3.8) is 0 Å². The van der Waals surface area contributed by atoms with Gasteiger partial charge in [-0.05, 0) is 52.0 Å². The molecule has 0 bridgehead atoms. The normalized spacial score (nSPS) is 10.5. The number of amides is 2. The number of hydrogen-bond donors (Lipinski definition) is 2. The summed E-state index contributed by atoms with van der Waals surface area (Å²) in [5.74, 6) is 0. The third kappa shape index (κ3) is 3.12.